The Balaban J connectivity index is 2.37. The van der Waals surface area contributed by atoms with Crippen molar-refractivity contribution in [3.63, 3.8) is 0 Å². The van der Waals surface area contributed by atoms with Crippen LogP contribution >= 0.6 is 11.8 Å². The van der Waals surface area contributed by atoms with E-state index < -0.39 is 0 Å². The van der Waals surface area contributed by atoms with E-state index in [2.05, 4.69) is 35.9 Å². The second kappa shape index (κ2) is 8.97. The maximum atomic E-state index is 8.39. The smallest absolute Gasteiger partial charge is 0.113 e. The number of hydrogen-bond donors (Lipinski definition) is 2. The Bertz CT molecular complexity index is 350. The summed E-state index contributed by atoms with van der Waals surface area (Å²) < 4.78 is 0. The lowest BCUT2D eigenvalue weighted by Gasteiger charge is -2.17. The van der Waals surface area contributed by atoms with E-state index in [1.165, 1.54) is 11.2 Å². The highest BCUT2D eigenvalue weighted by Gasteiger charge is 1.99. The van der Waals surface area contributed by atoms with Gasteiger partial charge in [0.1, 0.15) is 6.34 Å². The molecule has 1 rings (SSSR count). The summed E-state index contributed by atoms with van der Waals surface area (Å²) in [6.07, 6.45) is 1.25. The van der Waals surface area contributed by atoms with Crippen LogP contribution in [0.1, 0.15) is 13.8 Å². The van der Waals surface area contributed by atoms with Crippen LogP contribution in [0, 0.1) is 0 Å². The van der Waals surface area contributed by atoms with E-state index in [0.717, 1.165) is 31.1 Å². The third kappa shape index (κ3) is 5.53. The molecule has 0 amide bonds. The number of rotatable bonds is 8. The van der Waals surface area contributed by atoms with E-state index >= 15 is 0 Å². The van der Waals surface area contributed by atoms with Crippen molar-refractivity contribution in [3.05, 3.63) is 24.3 Å². The lowest BCUT2D eigenvalue weighted by atomic mass is 10.3. The van der Waals surface area contributed by atoms with Gasteiger partial charge in [0.2, 0.25) is 0 Å². The van der Waals surface area contributed by atoms with Gasteiger partial charge in [0.05, 0.1) is 5.69 Å². The summed E-state index contributed by atoms with van der Waals surface area (Å²) in [6, 6.07) is 7.98. The van der Waals surface area contributed by atoms with Crippen molar-refractivity contribution in [1.82, 2.24) is 10.4 Å². The molecule has 0 aromatic heterocycles. The van der Waals surface area contributed by atoms with Crippen LogP contribution in [0.3, 0.4) is 0 Å². The Morgan fingerprint density at radius 1 is 1.28 bits per heavy atom. The Kier molecular flexibility index (Phi) is 7.48. The van der Waals surface area contributed by atoms with Gasteiger partial charge in [-0.3, -0.25) is 10.7 Å². The van der Waals surface area contributed by atoms with Crippen LogP contribution < -0.4 is 5.48 Å². The molecule has 0 radical (unpaired) electrons. The lowest BCUT2D eigenvalue weighted by molar-refractivity contribution is 0.240. The number of hydroxylamine groups is 1. The summed E-state index contributed by atoms with van der Waals surface area (Å²) in [6.45, 7) is 7.72. The van der Waals surface area contributed by atoms with Crippen LogP contribution in [0.15, 0.2) is 34.2 Å². The van der Waals surface area contributed by atoms with Crippen LogP contribution in [-0.4, -0.2) is 41.8 Å². The topological polar surface area (TPSA) is 47.9 Å². The van der Waals surface area contributed by atoms with E-state index in [0.29, 0.717) is 0 Å². The van der Waals surface area contributed by atoms with E-state index in [1.807, 2.05) is 29.4 Å². The zero-order valence-corrected chi connectivity index (χ0v) is 11.8. The number of nitrogens with zero attached hydrogens (tertiary/aromatic N) is 2. The van der Waals surface area contributed by atoms with Gasteiger partial charge in [-0.05, 0) is 37.4 Å². The Labute approximate surface area is 113 Å². The van der Waals surface area contributed by atoms with Crippen LogP contribution in [-0.2, 0) is 0 Å². The molecule has 0 fully saturated rings. The molecule has 0 heterocycles. The minimum atomic E-state index is 0.824. The predicted octanol–water partition coefficient (Wildman–Crippen LogP) is 2.76. The standard InChI is InChI=1S/C13H21N3OS/c1-3-16(4-2)9-10-18-13-7-5-12(6-8-13)14-11-15-17/h5-8,11,17H,3-4,9-10H2,1-2H3,(H,14,15). The van der Waals surface area contributed by atoms with Crippen molar-refractivity contribution in [3.8, 4) is 0 Å². The highest BCUT2D eigenvalue weighted by atomic mass is 32.2. The predicted molar refractivity (Wildman–Crippen MR) is 78.0 cm³/mol. The van der Waals surface area contributed by atoms with Gasteiger partial charge in [0.25, 0.3) is 0 Å². The van der Waals surface area contributed by atoms with Gasteiger partial charge in [-0.25, -0.2) is 4.99 Å². The SMILES string of the molecule is CCN(CC)CCSc1ccc(N=CNO)cc1. The van der Waals surface area contributed by atoms with Crippen molar-refractivity contribution in [2.24, 2.45) is 4.99 Å². The molecule has 0 aliphatic rings. The highest BCUT2D eigenvalue weighted by Crippen LogP contribution is 2.21. The normalized spacial score (nSPS) is 11.3. The van der Waals surface area contributed by atoms with Crippen LogP contribution in [0.25, 0.3) is 0 Å². The fourth-order valence-electron chi connectivity index (χ4n) is 1.56. The summed E-state index contributed by atoms with van der Waals surface area (Å²) in [5.41, 5.74) is 2.71. The fraction of sp³-hybridized carbons (Fsp3) is 0.462. The van der Waals surface area contributed by atoms with Crippen LogP contribution in [0.4, 0.5) is 5.69 Å². The van der Waals surface area contributed by atoms with Crippen molar-refractivity contribution < 1.29 is 5.21 Å². The Morgan fingerprint density at radius 2 is 1.94 bits per heavy atom. The number of aliphatic imine (C=N–C) groups is 1. The van der Waals surface area contributed by atoms with Gasteiger partial charge in [0.15, 0.2) is 0 Å². The first kappa shape index (κ1) is 15.0. The Morgan fingerprint density at radius 3 is 2.50 bits per heavy atom. The molecule has 0 aliphatic heterocycles. The average molecular weight is 267 g/mol. The summed E-state index contributed by atoms with van der Waals surface area (Å²) in [7, 11) is 0. The van der Waals surface area contributed by atoms with E-state index in [1.54, 1.807) is 0 Å². The molecule has 0 aliphatic carbocycles. The third-order valence-corrected chi connectivity index (χ3v) is 3.67. The summed E-state index contributed by atoms with van der Waals surface area (Å²) in [5, 5.41) is 8.39. The fourth-order valence-corrected chi connectivity index (χ4v) is 2.48. The molecule has 1 aromatic rings. The molecular weight excluding hydrogens is 246 g/mol. The zero-order chi connectivity index (χ0) is 13.2. The first-order chi connectivity index (χ1) is 8.80. The maximum Gasteiger partial charge on any atom is 0.113 e. The number of nitrogens with one attached hydrogen (secondary N) is 1. The third-order valence-electron chi connectivity index (χ3n) is 2.68. The number of hydrogen-bond acceptors (Lipinski definition) is 4. The first-order valence-electron chi connectivity index (χ1n) is 6.17. The first-order valence-corrected chi connectivity index (χ1v) is 7.16. The maximum absolute atomic E-state index is 8.39. The van der Waals surface area contributed by atoms with Gasteiger partial charge >= 0.3 is 0 Å². The minimum absolute atomic E-state index is 0.824. The van der Waals surface area contributed by atoms with E-state index in [-0.39, 0.29) is 0 Å². The van der Waals surface area contributed by atoms with Crippen molar-refractivity contribution in [2.45, 2.75) is 18.7 Å². The second-order valence-electron chi connectivity index (χ2n) is 3.76. The van der Waals surface area contributed by atoms with Crippen molar-refractivity contribution in [2.75, 3.05) is 25.4 Å². The quantitative estimate of drug-likeness (QED) is 0.329. The average Bonchev–Trinajstić information content (AvgIpc) is 2.42. The summed E-state index contributed by atoms with van der Waals surface area (Å²) >= 11 is 1.85. The molecule has 0 bridgehead atoms. The summed E-state index contributed by atoms with van der Waals surface area (Å²) in [4.78, 5) is 7.66. The van der Waals surface area contributed by atoms with Gasteiger partial charge < -0.3 is 4.90 Å². The molecule has 0 saturated carbocycles. The zero-order valence-electron chi connectivity index (χ0n) is 11.0. The Hall–Kier alpha value is -1.04. The van der Waals surface area contributed by atoms with Gasteiger partial charge in [-0.1, -0.05) is 13.8 Å². The molecule has 100 valence electrons. The second-order valence-corrected chi connectivity index (χ2v) is 4.92. The monoisotopic (exact) mass is 267 g/mol. The van der Waals surface area contributed by atoms with Crippen molar-refractivity contribution >= 4 is 23.8 Å². The molecule has 2 N–H and O–H groups in total. The number of thioether (sulfide) groups is 1. The van der Waals surface area contributed by atoms with E-state index in [9.17, 15) is 0 Å². The molecule has 4 nitrogen and oxygen atoms in total. The molecule has 0 atom stereocenters. The highest BCUT2D eigenvalue weighted by molar-refractivity contribution is 7.99. The molecule has 0 saturated heterocycles. The largest absolute Gasteiger partial charge is 0.303 e. The number of benzene rings is 1. The molecular formula is C13H21N3OS. The molecule has 5 heteroatoms. The molecule has 1 aromatic carbocycles. The van der Waals surface area contributed by atoms with E-state index in [4.69, 9.17) is 5.21 Å². The van der Waals surface area contributed by atoms with Gasteiger partial charge in [-0.2, -0.15) is 0 Å². The van der Waals surface area contributed by atoms with Crippen molar-refractivity contribution in [1.29, 1.82) is 0 Å². The van der Waals surface area contributed by atoms with Gasteiger partial charge in [-0.15, -0.1) is 11.8 Å². The van der Waals surface area contributed by atoms with Gasteiger partial charge in [0, 0.05) is 17.2 Å². The minimum Gasteiger partial charge on any atom is -0.303 e. The molecule has 0 spiro atoms. The van der Waals surface area contributed by atoms with Crippen LogP contribution in [0.2, 0.25) is 0 Å². The molecule has 0 unspecified atom stereocenters. The molecule has 18 heavy (non-hydrogen) atoms. The lowest BCUT2D eigenvalue weighted by Crippen LogP contribution is -2.25. The summed E-state index contributed by atoms with van der Waals surface area (Å²) in [5.74, 6) is 1.10. The van der Waals surface area contributed by atoms with Crippen LogP contribution in [0.5, 0.6) is 0 Å².